The van der Waals surface area contributed by atoms with Crippen molar-refractivity contribution in [2.75, 3.05) is 12.0 Å². The van der Waals surface area contributed by atoms with E-state index in [0.29, 0.717) is 23.3 Å². The van der Waals surface area contributed by atoms with Crippen LogP contribution in [-0.4, -0.2) is 24.8 Å². The summed E-state index contributed by atoms with van der Waals surface area (Å²) in [7, 11) is 1.31. The maximum Gasteiger partial charge on any atom is 0.337 e. The summed E-state index contributed by atoms with van der Waals surface area (Å²) in [6.45, 7) is 1.75. The van der Waals surface area contributed by atoms with E-state index in [0.717, 1.165) is 0 Å². The van der Waals surface area contributed by atoms with E-state index in [1.165, 1.54) is 18.1 Å². The highest BCUT2D eigenvalue weighted by molar-refractivity contribution is 5.95. The number of hydrogen-bond acceptors (Lipinski definition) is 4. The second-order valence-corrected chi connectivity index (χ2v) is 6.51. The van der Waals surface area contributed by atoms with E-state index in [1.807, 2.05) is 0 Å². The number of amides is 2. The normalized spacial score (nSPS) is 23.6. The Morgan fingerprint density at radius 2 is 2.12 bits per heavy atom. The summed E-state index contributed by atoms with van der Waals surface area (Å²) >= 11 is 0. The Hall–Kier alpha value is -3.09. The minimum absolute atomic E-state index is 0.153. The van der Waals surface area contributed by atoms with E-state index in [-0.39, 0.29) is 11.7 Å². The van der Waals surface area contributed by atoms with Gasteiger partial charge in [-0.25, -0.2) is 14.0 Å². The summed E-state index contributed by atoms with van der Waals surface area (Å²) in [6.07, 6.45) is 0.407. The molecule has 0 aromatic heterocycles. The predicted molar refractivity (Wildman–Crippen MR) is 91.6 cm³/mol. The van der Waals surface area contributed by atoms with E-state index in [1.54, 1.807) is 43.3 Å². The molecule has 2 aromatic rings. The van der Waals surface area contributed by atoms with Crippen molar-refractivity contribution < 1.29 is 23.5 Å². The van der Waals surface area contributed by atoms with E-state index in [2.05, 4.69) is 5.32 Å². The summed E-state index contributed by atoms with van der Waals surface area (Å²) in [5, 5.41) is 2.88. The number of hydrogen-bond donors (Lipinski definition) is 1. The van der Waals surface area contributed by atoms with Gasteiger partial charge in [-0.3, -0.25) is 4.90 Å². The van der Waals surface area contributed by atoms with Gasteiger partial charge in [0.25, 0.3) is 0 Å². The summed E-state index contributed by atoms with van der Waals surface area (Å²) in [4.78, 5) is 25.8. The third kappa shape index (κ3) is 2.39. The number of methoxy groups -OCH3 is 1. The van der Waals surface area contributed by atoms with Gasteiger partial charge in [0.15, 0.2) is 5.72 Å². The van der Waals surface area contributed by atoms with Gasteiger partial charge in [0.1, 0.15) is 11.6 Å². The van der Waals surface area contributed by atoms with Gasteiger partial charge in [-0.2, -0.15) is 0 Å². The maximum absolute atomic E-state index is 14.3. The van der Waals surface area contributed by atoms with Crippen molar-refractivity contribution in [2.45, 2.75) is 25.1 Å². The average molecular weight is 356 g/mol. The van der Waals surface area contributed by atoms with Crippen molar-refractivity contribution >= 4 is 17.7 Å². The minimum atomic E-state index is -1.05. The maximum atomic E-state index is 14.3. The number of benzene rings is 2. The molecule has 2 amide bonds. The SMILES string of the molecule is COC(=O)c1ccc2c(c1)[C@@H]1C[C@@](C)(O2)N(c2ccccc2F)C(=O)N1. The van der Waals surface area contributed by atoms with Gasteiger partial charge in [0, 0.05) is 12.0 Å². The van der Waals surface area contributed by atoms with Crippen molar-refractivity contribution in [1.29, 1.82) is 0 Å². The second kappa shape index (κ2) is 5.72. The highest BCUT2D eigenvalue weighted by Gasteiger charge is 2.50. The van der Waals surface area contributed by atoms with Crippen LogP contribution in [0.3, 0.4) is 0 Å². The summed E-state index contributed by atoms with van der Waals surface area (Å²) in [6, 6.07) is 10.2. The molecule has 26 heavy (non-hydrogen) atoms. The monoisotopic (exact) mass is 356 g/mol. The molecule has 2 aromatic carbocycles. The van der Waals surface area contributed by atoms with E-state index in [9.17, 15) is 14.0 Å². The molecule has 4 rings (SSSR count). The number of carbonyl (C=O) groups excluding carboxylic acids is 2. The van der Waals surface area contributed by atoms with Gasteiger partial charge in [-0.05, 0) is 37.3 Å². The van der Waals surface area contributed by atoms with Crippen LogP contribution in [0.4, 0.5) is 14.9 Å². The molecule has 0 unspecified atom stereocenters. The van der Waals surface area contributed by atoms with Crippen molar-refractivity contribution in [3.63, 3.8) is 0 Å². The van der Waals surface area contributed by atoms with Crippen LogP contribution in [0.1, 0.15) is 35.3 Å². The summed E-state index contributed by atoms with van der Waals surface area (Å²) in [5.74, 6) is -0.424. The molecule has 2 atom stereocenters. The van der Waals surface area contributed by atoms with Crippen LogP contribution >= 0.6 is 0 Å². The first-order valence-electron chi connectivity index (χ1n) is 8.19. The molecular formula is C19H17FN2O4. The molecule has 2 heterocycles. The molecule has 1 fully saturated rings. The molecular weight excluding hydrogens is 339 g/mol. The summed E-state index contributed by atoms with van der Waals surface area (Å²) in [5.41, 5.74) is 0.186. The van der Waals surface area contributed by atoms with E-state index >= 15 is 0 Å². The quantitative estimate of drug-likeness (QED) is 0.838. The topological polar surface area (TPSA) is 67.9 Å². The Labute approximate surface area is 149 Å². The highest BCUT2D eigenvalue weighted by atomic mass is 19.1. The molecule has 1 N–H and O–H groups in total. The van der Waals surface area contributed by atoms with Crippen LogP contribution < -0.4 is 15.0 Å². The van der Waals surface area contributed by atoms with E-state index in [4.69, 9.17) is 9.47 Å². The number of ether oxygens (including phenoxy) is 2. The van der Waals surface area contributed by atoms with Gasteiger partial charge in [-0.15, -0.1) is 0 Å². The lowest BCUT2D eigenvalue weighted by molar-refractivity contribution is 0.0372. The molecule has 0 radical (unpaired) electrons. The largest absolute Gasteiger partial charge is 0.467 e. The first-order valence-corrected chi connectivity index (χ1v) is 8.19. The molecule has 134 valence electrons. The minimum Gasteiger partial charge on any atom is -0.467 e. The number of rotatable bonds is 2. The van der Waals surface area contributed by atoms with Crippen molar-refractivity contribution in [3.8, 4) is 5.75 Å². The molecule has 2 aliphatic rings. The molecule has 1 saturated heterocycles. The Balaban J connectivity index is 1.78. The zero-order valence-electron chi connectivity index (χ0n) is 14.3. The van der Waals surface area contributed by atoms with Crippen molar-refractivity contribution in [3.05, 3.63) is 59.4 Å². The molecule has 0 spiro atoms. The van der Waals surface area contributed by atoms with Crippen molar-refractivity contribution in [2.24, 2.45) is 0 Å². The van der Waals surface area contributed by atoms with Gasteiger partial charge in [-0.1, -0.05) is 12.1 Å². The van der Waals surface area contributed by atoms with Gasteiger partial charge in [0.05, 0.1) is 24.4 Å². The van der Waals surface area contributed by atoms with Gasteiger partial charge in [0.2, 0.25) is 0 Å². The zero-order valence-corrected chi connectivity index (χ0v) is 14.3. The molecule has 0 aliphatic carbocycles. The fourth-order valence-corrected chi connectivity index (χ4v) is 3.62. The lowest BCUT2D eigenvalue weighted by Gasteiger charge is -2.50. The molecule has 0 saturated carbocycles. The lowest BCUT2D eigenvalue weighted by atomic mass is 9.89. The van der Waals surface area contributed by atoms with Gasteiger partial charge < -0.3 is 14.8 Å². The predicted octanol–water partition coefficient (Wildman–Crippen LogP) is 3.38. The van der Waals surface area contributed by atoms with Crippen molar-refractivity contribution in [1.82, 2.24) is 5.32 Å². The molecule has 2 aliphatic heterocycles. The first-order chi connectivity index (χ1) is 12.4. The number of nitrogens with one attached hydrogen (secondary N) is 1. The average Bonchev–Trinajstić information content (AvgIpc) is 2.61. The summed E-state index contributed by atoms with van der Waals surface area (Å²) < 4.78 is 25.1. The highest BCUT2D eigenvalue weighted by Crippen LogP contribution is 2.46. The van der Waals surface area contributed by atoms with Gasteiger partial charge >= 0.3 is 12.0 Å². The van der Waals surface area contributed by atoms with Crippen LogP contribution in [0.25, 0.3) is 0 Å². The number of anilines is 1. The number of carbonyl (C=O) groups is 2. The molecule has 7 heteroatoms. The van der Waals surface area contributed by atoms with Crippen LogP contribution in [0, 0.1) is 5.82 Å². The zero-order chi connectivity index (χ0) is 18.5. The van der Waals surface area contributed by atoms with Crippen LogP contribution in [0.5, 0.6) is 5.75 Å². The standard InChI is InChI=1S/C19H17FN2O4/c1-19-10-14(12-9-11(17(23)25-2)7-8-16(12)26-19)21-18(24)22(19)15-6-4-3-5-13(15)20/h3-9,14H,10H2,1-2H3,(H,21,24)/t14-,19+/m0/s1. The van der Waals surface area contributed by atoms with Crippen LogP contribution in [0.15, 0.2) is 42.5 Å². The number of para-hydroxylation sites is 1. The molecule has 6 nitrogen and oxygen atoms in total. The fourth-order valence-electron chi connectivity index (χ4n) is 3.62. The van der Waals surface area contributed by atoms with Crippen LogP contribution in [0.2, 0.25) is 0 Å². The third-order valence-electron chi connectivity index (χ3n) is 4.79. The fraction of sp³-hybridized carbons (Fsp3) is 0.263. The Kier molecular flexibility index (Phi) is 3.61. The number of fused-ring (bicyclic) bond motifs is 4. The number of halogens is 1. The third-order valence-corrected chi connectivity index (χ3v) is 4.79. The smallest absolute Gasteiger partial charge is 0.337 e. The van der Waals surface area contributed by atoms with Crippen LogP contribution in [-0.2, 0) is 4.74 Å². The number of urea groups is 1. The number of esters is 1. The Bertz CT molecular complexity index is 916. The Morgan fingerprint density at radius 3 is 2.85 bits per heavy atom. The number of nitrogens with zero attached hydrogens (tertiary/aromatic N) is 1. The van der Waals surface area contributed by atoms with E-state index < -0.39 is 23.5 Å². The lowest BCUT2D eigenvalue weighted by Crippen LogP contribution is -2.65. The molecule has 2 bridgehead atoms. The second-order valence-electron chi connectivity index (χ2n) is 6.51. The first kappa shape index (κ1) is 16.4. The Morgan fingerprint density at radius 1 is 1.35 bits per heavy atom.